The van der Waals surface area contributed by atoms with Crippen LogP contribution >= 0.6 is 7.60 Å². The smallest absolute Gasteiger partial charge is 0.305 e. The Morgan fingerprint density at radius 3 is 2.39 bits per heavy atom. The zero-order valence-electron chi connectivity index (χ0n) is 16.4. The first-order valence-electron chi connectivity index (χ1n) is 9.88. The molecule has 1 aliphatic rings. The second kappa shape index (κ2) is 8.05. The first-order chi connectivity index (χ1) is 13.7. The second-order valence-electron chi connectivity index (χ2n) is 6.83. The van der Waals surface area contributed by atoms with Gasteiger partial charge in [0.25, 0.3) is 0 Å². The Hall–Kier alpha value is -2.19. The lowest BCUT2D eigenvalue weighted by Crippen LogP contribution is -2.17. The minimum Gasteiger partial charge on any atom is -0.305 e. The Morgan fingerprint density at radius 2 is 1.61 bits per heavy atom. The van der Waals surface area contributed by atoms with Gasteiger partial charge in [0.05, 0.1) is 18.5 Å². The van der Waals surface area contributed by atoms with E-state index in [1.165, 1.54) is 11.1 Å². The zero-order chi connectivity index (χ0) is 19.6. The summed E-state index contributed by atoms with van der Waals surface area (Å²) < 4.78 is 25.2. The van der Waals surface area contributed by atoms with Crippen molar-refractivity contribution < 1.29 is 13.6 Å². The molecule has 0 heterocycles. The van der Waals surface area contributed by atoms with E-state index in [1.807, 2.05) is 38.1 Å². The molecule has 0 N–H and O–H groups in total. The van der Waals surface area contributed by atoms with E-state index in [2.05, 4.69) is 42.5 Å². The fraction of sp³-hybridized carbons (Fsp3) is 0.250. The third-order valence-electron chi connectivity index (χ3n) is 5.14. The summed E-state index contributed by atoms with van der Waals surface area (Å²) in [4.78, 5) is 0. The quantitative estimate of drug-likeness (QED) is 0.475. The van der Waals surface area contributed by atoms with Gasteiger partial charge in [0.1, 0.15) is 0 Å². The van der Waals surface area contributed by atoms with Gasteiger partial charge in [-0.15, -0.1) is 0 Å². The van der Waals surface area contributed by atoms with Crippen LogP contribution in [0.15, 0.2) is 66.7 Å². The van der Waals surface area contributed by atoms with Gasteiger partial charge in [-0.2, -0.15) is 0 Å². The molecular formula is C24H25O3P. The largest absolute Gasteiger partial charge is 0.361 e. The molecule has 0 fully saturated rings. The Bertz CT molecular complexity index is 1070. The van der Waals surface area contributed by atoms with E-state index in [-0.39, 0.29) is 0 Å². The van der Waals surface area contributed by atoms with Crippen LogP contribution in [0, 0.1) is 0 Å². The molecule has 0 saturated heterocycles. The van der Waals surface area contributed by atoms with Gasteiger partial charge in [-0.1, -0.05) is 60.7 Å². The number of allylic oxidation sites excluding steroid dienone is 1. The minimum absolute atomic E-state index is 0.333. The van der Waals surface area contributed by atoms with Crippen LogP contribution in [0.25, 0.3) is 16.3 Å². The van der Waals surface area contributed by atoms with Crippen molar-refractivity contribution in [2.45, 2.75) is 26.7 Å². The number of hydrogen-bond acceptors (Lipinski definition) is 3. The fourth-order valence-electron chi connectivity index (χ4n) is 4.01. The average molecular weight is 392 g/mol. The molecule has 0 unspecified atom stereocenters. The first-order valence-corrected chi connectivity index (χ1v) is 11.4. The highest BCUT2D eigenvalue weighted by atomic mass is 31.2. The Labute approximate surface area is 166 Å². The van der Waals surface area contributed by atoms with E-state index in [9.17, 15) is 4.57 Å². The van der Waals surface area contributed by atoms with Crippen LogP contribution in [0.4, 0.5) is 0 Å². The fourth-order valence-corrected chi connectivity index (χ4v) is 5.81. The monoisotopic (exact) mass is 392 g/mol. The lowest BCUT2D eigenvalue weighted by Gasteiger charge is -2.25. The molecule has 0 radical (unpaired) electrons. The van der Waals surface area contributed by atoms with Crippen LogP contribution in [-0.4, -0.2) is 13.2 Å². The number of fused-ring (bicyclic) bond motifs is 2. The predicted molar refractivity (Wildman–Crippen MR) is 116 cm³/mol. The van der Waals surface area contributed by atoms with Crippen LogP contribution in [0.5, 0.6) is 0 Å². The molecule has 28 heavy (non-hydrogen) atoms. The van der Waals surface area contributed by atoms with Gasteiger partial charge in [0.15, 0.2) is 0 Å². The predicted octanol–water partition coefficient (Wildman–Crippen LogP) is 6.11. The summed E-state index contributed by atoms with van der Waals surface area (Å²) in [6, 6.07) is 20.6. The summed E-state index contributed by atoms with van der Waals surface area (Å²) in [6.45, 7) is 4.36. The summed E-state index contributed by atoms with van der Waals surface area (Å²) in [5, 5.41) is 2.84. The van der Waals surface area contributed by atoms with Crippen molar-refractivity contribution >= 4 is 29.2 Å². The van der Waals surface area contributed by atoms with E-state index < -0.39 is 7.60 Å². The molecule has 0 amide bonds. The van der Waals surface area contributed by atoms with Crippen LogP contribution in [0.2, 0.25) is 0 Å². The molecule has 0 bridgehead atoms. The molecule has 4 rings (SSSR count). The molecule has 1 aliphatic carbocycles. The Morgan fingerprint density at radius 1 is 0.893 bits per heavy atom. The lowest BCUT2D eigenvalue weighted by molar-refractivity contribution is 0.230. The van der Waals surface area contributed by atoms with Crippen LogP contribution in [0.3, 0.4) is 0 Å². The molecule has 144 valence electrons. The molecular weight excluding hydrogens is 367 g/mol. The second-order valence-corrected chi connectivity index (χ2v) is 8.82. The van der Waals surface area contributed by atoms with Gasteiger partial charge in [-0.3, -0.25) is 4.57 Å². The maximum absolute atomic E-state index is 13.8. The Balaban J connectivity index is 2.04. The lowest BCUT2D eigenvalue weighted by atomic mass is 9.85. The van der Waals surface area contributed by atoms with E-state index in [0.717, 1.165) is 34.8 Å². The van der Waals surface area contributed by atoms with Crippen LogP contribution in [-0.2, 0) is 20.0 Å². The van der Waals surface area contributed by atoms with Crippen molar-refractivity contribution in [2.75, 3.05) is 13.2 Å². The molecule has 0 atom stereocenters. The standard InChI is InChI=1S/C24H25O3P/c1-3-26-28(25,27-4-2)23-17-16-19-11-6-8-14-21(19)24(23)22-15-9-12-18-10-5-7-13-20(18)22/h5-8,10-11,13-17H,3-4,9,12H2,1-2H3. The van der Waals surface area contributed by atoms with Crippen LogP contribution in [0.1, 0.15) is 37.0 Å². The third-order valence-corrected chi connectivity index (χ3v) is 7.30. The summed E-state index contributed by atoms with van der Waals surface area (Å²) in [5.41, 5.74) is 4.61. The summed E-state index contributed by atoms with van der Waals surface area (Å²) >= 11 is 0. The number of aryl methyl sites for hydroxylation is 1. The van der Waals surface area contributed by atoms with Gasteiger partial charge >= 0.3 is 7.60 Å². The van der Waals surface area contributed by atoms with E-state index in [0.29, 0.717) is 18.5 Å². The zero-order valence-corrected chi connectivity index (χ0v) is 17.2. The first kappa shape index (κ1) is 19.1. The summed E-state index contributed by atoms with van der Waals surface area (Å²) in [7, 11) is -3.43. The van der Waals surface area contributed by atoms with Gasteiger partial charge in [0, 0.05) is 5.56 Å². The van der Waals surface area contributed by atoms with Crippen molar-refractivity contribution in [2.24, 2.45) is 0 Å². The molecule has 3 aromatic carbocycles. The maximum atomic E-state index is 13.8. The number of benzene rings is 3. The molecule has 0 aliphatic heterocycles. The van der Waals surface area contributed by atoms with Crippen molar-refractivity contribution in [3.05, 3.63) is 83.4 Å². The molecule has 3 nitrogen and oxygen atoms in total. The highest BCUT2D eigenvalue weighted by Crippen LogP contribution is 2.50. The van der Waals surface area contributed by atoms with Crippen LogP contribution < -0.4 is 5.30 Å². The normalized spacial score (nSPS) is 14.0. The molecule has 3 aromatic rings. The highest BCUT2D eigenvalue weighted by molar-refractivity contribution is 7.62. The van der Waals surface area contributed by atoms with Gasteiger partial charge in [0.2, 0.25) is 0 Å². The molecule has 0 aromatic heterocycles. The average Bonchev–Trinajstić information content (AvgIpc) is 2.73. The summed E-state index contributed by atoms with van der Waals surface area (Å²) in [5.74, 6) is 0. The molecule has 0 saturated carbocycles. The highest BCUT2D eigenvalue weighted by Gasteiger charge is 2.32. The van der Waals surface area contributed by atoms with E-state index in [1.54, 1.807) is 0 Å². The minimum atomic E-state index is -3.43. The number of rotatable bonds is 6. The third kappa shape index (κ3) is 3.35. The SMILES string of the molecule is CCOP(=O)(OCC)c1ccc2ccccc2c1C1=CCCc2ccccc21. The molecule has 0 spiro atoms. The topological polar surface area (TPSA) is 35.5 Å². The molecule has 4 heteroatoms. The van der Waals surface area contributed by atoms with E-state index >= 15 is 0 Å². The van der Waals surface area contributed by atoms with Crippen molar-refractivity contribution in [1.82, 2.24) is 0 Å². The van der Waals surface area contributed by atoms with Gasteiger partial charge in [-0.25, -0.2) is 0 Å². The van der Waals surface area contributed by atoms with E-state index in [4.69, 9.17) is 9.05 Å². The maximum Gasteiger partial charge on any atom is 0.361 e. The van der Waals surface area contributed by atoms with Crippen molar-refractivity contribution in [3.63, 3.8) is 0 Å². The van der Waals surface area contributed by atoms with Gasteiger partial charge in [-0.05, 0) is 60.2 Å². The number of hydrogen-bond donors (Lipinski definition) is 0. The van der Waals surface area contributed by atoms with Gasteiger partial charge < -0.3 is 9.05 Å². The van der Waals surface area contributed by atoms with Crippen molar-refractivity contribution in [3.8, 4) is 0 Å². The van der Waals surface area contributed by atoms with Crippen molar-refractivity contribution in [1.29, 1.82) is 0 Å². The summed E-state index contributed by atoms with van der Waals surface area (Å²) in [6.07, 6.45) is 4.24. The Kier molecular flexibility index (Phi) is 5.50.